The number of para-hydroxylation sites is 1. The summed E-state index contributed by atoms with van der Waals surface area (Å²) in [4.78, 5) is 23.1. The molecule has 1 aliphatic heterocycles. The second-order valence-electron chi connectivity index (χ2n) is 10.6. The Labute approximate surface area is 249 Å². The molecule has 9 nitrogen and oxygen atoms in total. The fraction of sp³-hybridized carbons (Fsp3) is 0.414. The molecule has 3 heterocycles. The van der Waals surface area contributed by atoms with E-state index < -0.39 is 9.84 Å². The summed E-state index contributed by atoms with van der Waals surface area (Å²) in [6, 6.07) is 12.5. The molecular weight excluding hydrogens is 585 g/mol. The Hall–Kier alpha value is -2.76. The molecule has 0 saturated carbocycles. The average Bonchev–Trinajstić information content (AvgIpc) is 3.30. The predicted octanol–water partition coefficient (Wildman–Crippen LogP) is 4.77. The van der Waals surface area contributed by atoms with Gasteiger partial charge in [-0.3, -0.25) is 9.69 Å². The van der Waals surface area contributed by atoms with E-state index in [0.29, 0.717) is 64.3 Å². The number of sulfone groups is 1. The second-order valence-corrected chi connectivity index (χ2v) is 13.6. The third-order valence-corrected chi connectivity index (χ3v) is 9.42. The number of hydrogen-bond donors (Lipinski definition) is 1. The molecule has 0 unspecified atom stereocenters. The van der Waals surface area contributed by atoms with Gasteiger partial charge in [-0.1, -0.05) is 67.4 Å². The van der Waals surface area contributed by atoms with Crippen LogP contribution in [0.25, 0.3) is 16.7 Å². The standard InChI is InChI=1S/C29H33Cl2N5O4S/c1-19(2)26-25-28(36(34-26)27-22(30)5-3-6-23(27)31)32-24(33-29(25)37)17-20-7-9-21(10-8-20)18-41(38,39)16-4-11-35-12-14-40-15-13-35/h3,5-10,19H,4,11-18H2,1-2H3,(H,32,33,37). The summed E-state index contributed by atoms with van der Waals surface area (Å²) in [7, 11) is -3.23. The van der Waals surface area contributed by atoms with Gasteiger partial charge < -0.3 is 9.72 Å². The number of ether oxygens (including phenoxy) is 1. The predicted molar refractivity (Wildman–Crippen MR) is 162 cm³/mol. The summed E-state index contributed by atoms with van der Waals surface area (Å²) in [5.74, 6) is 0.564. The number of nitrogens with one attached hydrogen (secondary N) is 1. The lowest BCUT2D eigenvalue weighted by molar-refractivity contribution is 0.0381. The Kier molecular flexibility index (Phi) is 9.15. The minimum atomic E-state index is -3.23. The highest BCUT2D eigenvalue weighted by Gasteiger charge is 2.22. The van der Waals surface area contributed by atoms with Crippen molar-refractivity contribution in [2.24, 2.45) is 0 Å². The van der Waals surface area contributed by atoms with Crippen molar-refractivity contribution in [3.63, 3.8) is 0 Å². The minimum Gasteiger partial charge on any atom is -0.379 e. The third-order valence-electron chi connectivity index (χ3n) is 7.12. The van der Waals surface area contributed by atoms with Crippen molar-refractivity contribution in [3.05, 3.63) is 85.5 Å². The average molecular weight is 619 g/mol. The number of morpholine rings is 1. The van der Waals surface area contributed by atoms with Gasteiger partial charge in [0.2, 0.25) is 0 Å². The van der Waals surface area contributed by atoms with E-state index in [9.17, 15) is 13.2 Å². The smallest absolute Gasteiger partial charge is 0.262 e. The van der Waals surface area contributed by atoms with Crippen molar-refractivity contribution in [1.29, 1.82) is 0 Å². The largest absolute Gasteiger partial charge is 0.379 e. The van der Waals surface area contributed by atoms with Crippen LogP contribution in [0.4, 0.5) is 0 Å². The molecule has 0 atom stereocenters. The van der Waals surface area contributed by atoms with Crippen molar-refractivity contribution < 1.29 is 13.2 Å². The number of benzene rings is 2. The van der Waals surface area contributed by atoms with E-state index in [-0.39, 0.29) is 23.0 Å². The lowest BCUT2D eigenvalue weighted by atomic mass is 10.1. The molecule has 1 fully saturated rings. The van der Waals surface area contributed by atoms with Crippen LogP contribution in [0.5, 0.6) is 0 Å². The lowest BCUT2D eigenvalue weighted by Gasteiger charge is -2.26. The summed E-state index contributed by atoms with van der Waals surface area (Å²) in [5, 5.41) is 5.87. The number of H-pyrrole nitrogens is 1. The van der Waals surface area contributed by atoms with Crippen molar-refractivity contribution in [2.75, 3.05) is 38.6 Å². The van der Waals surface area contributed by atoms with Gasteiger partial charge in [0.05, 0.1) is 40.5 Å². The molecule has 218 valence electrons. The number of aromatic amines is 1. The maximum Gasteiger partial charge on any atom is 0.262 e. The van der Waals surface area contributed by atoms with Gasteiger partial charge in [-0.25, -0.2) is 18.1 Å². The van der Waals surface area contributed by atoms with Crippen molar-refractivity contribution >= 4 is 44.1 Å². The second kappa shape index (κ2) is 12.6. The van der Waals surface area contributed by atoms with Gasteiger partial charge in [-0.15, -0.1) is 0 Å². The monoisotopic (exact) mass is 617 g/mol. The molecule has 12 heteroatoms. The Morgan fingerprint density at radius 3 is 2.34 bits per heavy atom. The van der Waals surface area contributed by atoms with Gasteiger partial charge in [0.15, 0.2) is 15.5 Å². The van der Waals surface area contributed by atoms with Crippen molar-refractivity contribution in [2.45, 2.75) is 38.4 Å². The number of nitrogens with zero attached hydrogens (tertiary/aromatic N) is 4. The molecule has 1 aliphatic rings. The van der Waals surface area contributed by atoms with Crippen LogP contribution in [0.15, 0.2) is 47.3 Å². The summed E-state index contributed by atoms with van der Waals surface area (Å²) in [6.45, 7) is 7.78. The third kappa shape index (κ3) is 7.01. The lowest BCUT2D eigenvalue weighted by Crippen LogP contribution is -2.37. The van der Waals surface area contributed by atoms with Gasteiger partial charge in [0.25, 0.3) is 5.56 Å². The molecule has 2 aromatic heterocycles. The van der Waals surface area contributed by atoms with Gasteiger partial charge in [-0.05, 0) is 42.1 Å². The Balaban J connectivity index is 1.34. The SMILES string of the molecule is CC(C)c1nn(-c2c(Cl)cccc2Cl)c2nc(Cc3ccc(CS(=O)(=O)CCCN4CCOCC4)cc3)[nH]c(=O)c12. The first-order chi connectivity index (χ1) is 19.6. The highest BCUT2D eigenvalue weighted by molar-refractivity contribution is 7.90. The molecular formula is C29H33Cl2N5O4S. The van der Waals surface area contributed by atoms with Crippen LogP contribution in [-0.4, -0.2) is 71.7 Å². The summed E-state index contributed by atoms with van der Waals surface area (Å²) in [6.07, 6.45) is 0.951. The molecule has 0 spiro atoms. The summed E-state index contributed by atoms with van der Waals surface area (Å²) < 4.78 is 32.3. The van der Waals surface area contributed by atoms with Gasteiger partial charge >= 0.3 is 0 Å². The van der Waals surface area contributed by atoms with Gasteiger partial charge in [-0.2, -0.15) is 5.10 Å². The Morgan fingerprint density at radius 1 is 1.02 bits per heavy atom. The maximum absolute atomic E-state index is 13.2. The Morgan fingerprint density at radius 2 is 1.68 bits per heavy atom. The highest BCUT2D eigenvalue weighted by atomic mass is 35.5. The van der Waals surface area contributed by atoms with Crippen LogP contribution in [0, 0.1) is 0 Å². The van der Waals surface area contributed by atoms with E-state index in [1.165, 1.54) is 0 Å². The minimum absolute atomic E-state index is 0.00675. The number of hydrogen-bond acceptors (Lipinski definition) is 7. The fourth-order valence-corrected chi connectivity index (χ4v) is 7.01. The van der Waals surface area contributed by atoms with Crippen LogP contribution >= 0.6 is 23.2 Å². The first-order valence-corrected chi connectivity index (χ1v) is 16.2. The topological polar surface area (TPSA) is 110 Å². The molecule has 1 saturated heterocycles. The molecule has 0 amide bonds. The first-order valence-electron chi connectivity index (χ1n) is 13.7. The van der Waals surface area contributed by atoms with E-state index in [0.717, 1.165) is 30.8 Å². The van der Waals surface area contributed by atoms with Crippen molar-refractivity contribution in [1.82, 2.24) is 24.6 Å². The van der Waals surface area contributed by atoms with Crippen LogP contribution in [-0.2, 0) is 26.7 Å². The number of rotatable bonds is 10. The van der Waals surface area contributed by atoms with Gasteiger partial charge in [0, 0.05) is 19.5 Å². The molecule has 0 radical (unpaired) electrons. The number of halogens is 2. The normalized spacial score (nSPS) is 14.8. The zero-order chi connectivity index (χ0) is 29.1. The van der Waals surface area contributed by atoms with E-state index in [2.05, 4.69) is 15.0 Å². The van der Waals surface area contributed by atoms with E-state index in [4.69, 9.17) is 32.9 Å². The van der Waals surface area contributed by atoms with Crippen molar-refractivity contribution in [3.8, 4) is 5.69 Å². The summed E-state index contributed by atoms with van der Waals surface area (Å²) in [5.41, 5.74) is 2.76. The van der Waals surface area contributed by atoms with E-state index >= 15 is 0 Å². The van der Waals surface area contributed by atoms with Crippen LogP contribution < -0.4 is 5.56 Å². The molecule has 0 aliphatic carbocycles. The quantitative estimate of drug-likeness (QED) is 0.273. The zero-order valence-electron chi connectivity index (χ0n) is 23.1. The molecule has 1 N–H and O–H groups in total. The molecule has 2 aromatic carbocycles. The first kappa shape index (κ1) is 29.7. The highest BCUT2D eigenvalue weighted by Crippen LogP contribution is 2.32. The van der Waals surface area contributed by atoms with Crippen LogP contribution in [0.2, 0.25) is 10.0 Å². The van der Waals surface area contributed by atoms with Gasteiger partial charge in [0.1, 0.15) is 16.9 Å². The maximum atomic E-state index is 13.2. The van der Waals surface area contributed by atoms with Crippen LogP contribution in [0.3, 0.4) is 0 Å². The van der Waals surface area contributed by atoms with E-state index in [1.807, 2.05) is 38.1 Å². The summed E-state index contributed by atoms with van der Waals surface area (Å²) >= 11 is 13.0. The fourth-order valence-electron chi connectivity index (χ4n) is 5.04. The molecule has 5 rings (SSSR count). The molecule has 41 heavy (non-hydrogen) atoms. The number of aromatic nitrogens is 4. The molecule has 0 bridgehead atoms. The molecule has 4 aromatic rings. The zero-order valence-corrected chi connectivity index (χ0v) is 25.4. The van der Waals surface area contributed by atoms with E-state index in [1.54, 1.807) is 22.9 Å². The number of fused-ring (bicyclic) bond motifs is 1. The Bertz CT molecular complexity index is 1670. The van der Waals surface area contributed by atoms with Crippen LogP contribution in [0.1, 0.15) is 48.8 Å².